The van der Waals surface area contributed by atoms with Crippen LogP contribution in [-0.4, -0.2) is 0 Å². The molecule has 0 bridgehead atoms. The molecule has 2 rings (SSSR count). The molecule has 0 amide bonds. The molecule has 0 saturated heterocycles. The number of anilines is 3. The Morgan fingerprint density at radius 3 is 2.56 bits per heavy atom. The van der Waals surface area contributed by atoms with E-state index in [1.807, 2.05) is 0 Å². The first-order valence-corrected chi connectivity index (χ1v) is 6.49. The summed E-state index contributed by atoms with van der Waals surface area (Å²) in [6.45, 7) is 0. The zero-order valence-corrected chi connectivity index (χ0v) is 12.1. The molecule has 2 aromatic carbocycles. The number of hydrogen-bond acceptors (Lipinski definition) is 2. The van der Waals surface area contributed by atoms with E-state index in [2.05, 4.69) is 21.2 Å². The van der Waals surface area contributed by atoms with Gasteiger partial charge in [-0.15, -0.1) is 0 Å². The second-order valence-electron chi connectivity index (χ2n) is 3.58. The number of halogens is 4. The van der Waals surface area contributed by atoms with Crippen molar-refractivity contribution in [2.45, 2.75) is 0 Å². The number of rotatable bonds is 2. The summed E-state index contributed by atoms with van der Waals surface area (Å²) >= 11 is 14.9. The van der Waals surface area contributed by atoms with Crippen LogP contribution in [0.3, 0.4) is 0 Å². The van der Waals surface area contributed by atoms with E-state index in [0.717, 1.165) is 0 Å². The molecular formula is C12H8BrCl2FN2. The van der Waals surface area contributed by atoms with Crippen LogP contribution >= 0.6 is 39.1 Å². The van der Waals surface area contributed by atoms with Gasteiger partial charge in [-0.25, -0.2) is 4.39 Å². The van der Waals surface area contributed by atoms with Gasteiger partial charge in [-0.2, -0.15) is 0 Å². The minimum absolute atomic E-state index is 0.0109. The second kappa shape index (κ2) is 5.34. The number of nitrogens with two attached hydrogens (primary N) is 1. The molecule has 0 saturated carbocycles. The quantitative estimate of drug-likeness (QED) is 0.729. The molecule has 0 atom stereocenters. The van der Waals surface area contributed by atoms with Crippen LogP contribution in [0.15, 0.2) is 34.8 Å². The van der Waals surface area contributed by atoms with Gasteiger partial charge in [0.15, 0.2) is 0 Å². The van der Waals surface area contributed by atoms with Gasteiger partial charge in [0.2, 0.25) is 0 Å². The highest BCUT2D eigenvalue weighted by Gasteiger charge is 2.09. The molecule has 0 unspecified atom stereocenters. The van der Waals surface area contributed by atoms with Crippen LogP contribution in [0.25, 0.3) is 0 Å². The van der Waals surface area contributed by atoms with E-state index >= 15 is 0 Å². The normalized spacial score (nSPS) is 10.4. The van der Waals surface area contributed by atoms with Crippen molar-refractivity contribution in [1.29, 1.82) is 0 Å². The Morgan fingerprint density at radius 2 is 1.83 bits per heavy atom. The minimum Gasteiger partial charge on any atom is -0.397 e. The minimum atomic E-state index is -0.536. The van der Waals surface area contributed by atoms with E-state index in [-0.39, 0.29) is 5.02 Å². The maximum absolute atomic E-state index is 13.4. The van der Waals surface area contributed by atoms with Crippen LogP contribution < -0.4 is 11.1 Å². The highest BCUT2D eigenvalue weighted by Crippen LogP contribution is 2.34. The van der Waals surface area contributed by atoms with Crippen molar-refractivity contribution in [1.82, 2.24) is 0 Å². The Labute approximate surface area is 122 Å². The Balaban J connectivity index is 2.40. The first-order chi connectivity index (χ1) is 8.49. The Bertz CT molecular complexity index is 605. The maximum atomic E-state index is 13.4. The summed E-state index contributed by atoms with van der Waals surface area (Å²) in [5.74, 6) is -0.536. The van der Waals surface area contributed by atoms with Crippen LogP contribution in [0, 0.1) is 5.82 Å². The van der Waals surface area contributed by atoms with Crippen LogP contribution in [0.2, 0.25) is 10.0 Å². The van der Waals surface area contributed by atoms with E-state index in [9.17, 15) is 4.39 Å². The van der Waals surface area contributed by atoms with E-state index < -0.39 is 5.82 Å². The first kappa shape index (κ1) is 13.5. The van der Waals surface area contributed by atoms with Gasteiger partial charge >= 0.3 is 0 Å². The number of nitrogen functional groups attached to an aromatic ring is 1. The van der Waals surface area contributed by atoms with Crippen molar-refractivity contribution in [2.24, 2.45) is 0 Å². The molecule has 3 N–H and O–H groups in total. The summed E-state index contributed by atoms with van der Waals surface area (Å²) in [6, 6.07) is 7.91. The number of nitrogens with one attached hydrogen (secondary N) is 1. The summed E-state index contributed by atoms with van der Waals surface area (Å²) < 4.78 is 14.1. The lowest BCUT2D eigenvalue weighted by atomic mass is 10.2. The van der Waals surface area contributed by atoms with Crippen LogP contribution in [-0.2, 0) is 0 Å². The topological polar surface area (TPSA) is 38.0 Å². The van der Waals surface area contributed by atoms with Crippen molar-refractivity contribution in [3.8, 4) is 0 Å². The van der Waals surface area contributed by atoms with Crippen LogP contribution in [0.5, 0.6) is 0 Å². The molecule has 0 spiro atoms. The third-order valence-electron chi connectivity index (χ3n) is 2.31. The van der Waals surface area contributed by atoms with E-state index in [0.29, 0.717) is 26.6 Å². The van der Waals surface area contributed by atoms with Gasteiger partial charge in [-0.05, 0) is 34.1 Å². The average Bonchev–Trinajstić information content (AvgIpc) is 2.32. The Hall–Kier alpha value is -0.970. The van der Waals surface area contributed by atoms with E-state index in [4.69, 9.17) is 28.9 Å². The Kier molecular flexibility index (Phi) is 4.00. The lowest BCUT2D eigenvalue weighted by Crippen LogP contribution is -1.98. The van der Waals surface area contributed by atoms with Crippen LogP contribution in [0.4, 0.5) is 21.5 Å². The fourth-order valence-electron chi connectivity index (χ4n) is 1.42. The summed E-state index contributed by atoms with van der Waals surface area (Å²) in [7, 11) is 0. The summed E-state index contributed by atoms with van der Waals surface area (Å²) in [5, 5.41) is 3.53. The lowest BCUT2D eigenvalue weighted by molar-refractivity contribution is 0.629. The average molecular weight is 350 g/mol. The third-order valence-corrected chi connectivity index (χ3v) is 4.00. The predicted octanol–water partition coefficient (Wildman–Crippen LogP) is 5.22. The largest absolute Gasteiger partial charge is 0.397 e. The van der Waals surface area contributed by atoms with Gasteiger partial charge in [0, 0.05) is 6.07 Å². The highest BCUT2D eigenvalue weighted by molar-refractivity contribution is 9.10. The molecule has 0 fully saturated rings. The molecule has 0 aliphatic carbocycles. The fraction of sp³-hybridized carbons (Fsp3) is 0. The smallest absolute Gasteiger partial charge is 0.144 e. The molecule has 6 heteroatoms. The van der Waals surface area contributed by atoms with Gasteiger partial charge in [0.25, 0.3) is 0 Å². The Morgan fingerprint density at radius 1 is 1.11 bits per heavy atom. The monoisotopic (exact) mass is 348 g/mol. The standard InChI is InChI=1S/C12H8BrCl2FN2/c13-12-6(14)2-1-3-10(12)18-11-5-8(16)7(15)4-9(11)17/h1-5,18H,17H2. The zero-order chi connectivity index (χ0) is 13.3. The first-order valence-electron chi connectivity index (χ1n) is 4.94. The molecule has 0 heterocycles. The predicted molar refractivity (Wildman–Crippen MR) is 78.3 cm³/mol. The van der Waals surface area contributed by atoms with Crippen molar-refractivity contribution in [3.05, 3.63) is 50.7 Å². The van der Waals surface area contributed by atoms with Gasteiger partial charge in [-0.3, -0.25) is 0 Å². The van der Waals surface area contributed by atoms with Gasteiger partial charge in [-0.1, -0.05) is 29.3 Å². The van der Waals surface area contributed by atoms with Gasteiger partial charge < -0.3 is 11.1 Å². The number of hydrogen-bond donors (Lipinski definition) is 2. The van der Waals surface area contributed by atoms with E-state index in [1.54, 1.807) is 18.2 Å². The molecule has 18 heavy (non-hydrogen) atoms. The molecule has 2 aromatic rings. The molecule has 0 radical (unpaired) electrons. The SMILES string of the molecule is Nc1cc(Cl)c(F)cc1Nc1cccc(Cl)c1Br. The zero-order valence-electron chi connectivity index (χ0n) is 8.98. The van der Waals surface area contributed by atoms with Crippen molar-refractivity contribution >= 4 is 56.2 Å². The second-order valence-corrected chi connectivity index (χ2v) is 5.19. The molecule has 2 nitrogen and oxygen atoms in total. The number of benzene rings is 2. The van der Waals surface area contributed by atoms with Gasteiger partial charge in [0.05, 0.1) is 31.6 Å². The van der Waals surface area contributed by atoms with Crippen molar-refractivity contribution < 1.29 is 4.39 Å². The van der Waals surface area contributed by atoms with E-state index in [1.165, 1.54) is 12.1 Å². The molecule has 0 aromatic heterocycles. The molecular weight excluding hydrogens is 342 g/mol. The molecule has 0 aliphatic heterocycles. The third kappa shape index (κ3) is 2.71. The highest BCUT2D eigenvalue weighted by atomic mass is 79.9. The molecule has 94 valence electrons. The molecule has 0 aliphatic rings. The van der Waals surface area contributed by atoms with Crippen LogP contribution in [0.1, 0.15) is 0 Å². The summed E-state index contributed by atoms with van der Waals surface area (Å²) in [5.41, 5.74) is 7.24. The van der Waals surface area contributed by atoms with Crippen molar-refractivity contribution in [3.63, 3.8) is 0 Å². The van der Waals surface area contributed by atoms with Crippen molar-refractivity contribution in [2.75, 3.05) is 11.1 Å². The maximum Gasteiger partial charge on any atom is 0.144 e. The summed E-state index contributed by atoms with van der Waals surface area (Å²) in [6.07, 6.45) is 0. The fourth-order valence-corrected chi connectivity index (χ4v) is 2.13. The summed E-state index contributed by atoms with van der Waals surface area (Å²) in [4.78, 5) is 0. The lowest BCUT2D eigenvalue weighted by Gasteiger charge is -2.12. The van der Waals surface area contributed by atoms with Gasteiger partial charge in [0.1, 0.15) is 5.82 Å².